The van der Waals surface area contributed by atoms with Crippen LogP contribution in [0.1, 0.15) is 56.1 Å². The Kier molecular flexibility index (Phi) is 9.70. The van der Waals surface area contributed by atoms with Crippen LogP contribution in [0.15, 0.2) is 44.0 Å². The molecule has 30 heavy (non-hydrogen) atoms. The maximum atomic E-state index is 12.6. The van der Waals surface area contributed by atoms with Gasteiger partial charge in [0.25, 0.3) is 0 Å². The molecule has 2 rings (SSSR count). The molecule has 8 heteroatoms. The molecule has 0 aliphatic carbocycles. The van der Waals surface area contributed by atoms with Crippen molar-refractivity contribution in [1.82, 2.24) is 5.32 Å². The molecular weight excluding hydrogens is 390 g/mol. The molecule has 0 spiro atoms. The summed E-state index contributed by atoms with van der Waals surface area (Å²) in [5.74, 6) is -1.16. The lowest BCUT2D eigenvalue weighted by Crippen LogP contribution is -2.43. The van der Waals surface area contributed by atoms with E-state index >= 15 is 0 Å². The van der Waals surface area contributed by atoms with Crippen LogP contribution in [0.2, 0.25) is 0 Å². The Balaban J connectivity index is 1.90. The summed E-state index contributed by atoms with van der Waals surface area (Å²) in [6.07, 6.45) is 4.74. The summed E-state index contributed by atoms with van der Waals surface area (Å²) in [7, 11) is 0. The lowest BCUT2D eigenvalue weighted by Gasteiger charge is -2.17. The fourth-order valence-corrected chi connectivity index (χ4v) is 2.84. The zero-order valence-electron chi connectivity index (χ0n) is 17.5. The molecular formula is C22H29NO7. The average molecular weight is 419 g/mol. The number of hydrogen-bond donors (Lipinski definition) is 1. The van der Waals surface area contributed by atoms with Crippen LogP contribution in [0, 0.1) is 6.92 Å². The highest BCUT2D eigenvalue weighted by Gasteiger charge is 2.24. The van der Waals surface area contributed by atoms with Gasteiger partial charge in [-0.1, -0.05) is 62.9 Å². The minimum Gasteiger partial charge on any atom is -0.456 e. The van der Waals surface area contributed by atoms with Gasteiger partial charge in [-0.15, -0.1) is 0 Å². The van der Waals surface area contributed by atoms with E-state index in [1.54, 1.807) is 0 Å². The summed E-state index contributed by atoms with van der Waals surface area (Å²) in [5, 5.41) is 2.57. The van der Waals surface area contributed by atoms with Gasteiger partial charge >= 0.3 is 17.9 Å². The molecule has 0 radical (unpaired) electrons. The molecule has 1 N–H and O–H groups in total. The van der Waals surface area contributed by atoms with Gasteiger partial charge in [0.15, 0.2) is 18.1 Å². The summed E-state index contributed by atoms with van der Waals surface area (Å²) < 4.78 is 20.0. The first-order valence-electron chi connectivity index (χ1n) is 10.2. The van der Waals surface area contributed by atoms with E-state index < -0.39 is 23.9 Å². The topological polar surface area (TPSA) is 108 Å². The Bertz CT molecular complexity index is 841. The van der Waals surface area contributed by atoms with Crippen molar-refractivity contribution < 1.29 is 27.9 Å². The minimum absolute atomic E-state index is 0.126. The first-order valence-corrected chi connectivity index (χ1v) is 10.2. The molecule has 1 atom stereocenters. The highest BCUT2D eigenvalue weighted by molar-refractivity contribution is 5.81. The Morgan fingerprint density at radius 2 is 1.77 bits per heavy atom. The molecule has 0 fully saturated rings. The lowest BCUT2D eigenvalue weighted by atomic mass is 10.1. The number of esters is 1. The van der Waals surface area contributed by atoms with Crippen molar-refractivity contribution in [1.29, 1.82) is 0 Å². The molecule has 1 unspecified atom stereocenters. The second-order valence-electron chi connectivity index (χ2n) is 6.98. The van der Waals surface area contributed by atoms with Gasteiger partial charge in [-0.05, 0) is 18.9 Å². The first-order chi connectivity index (χ1) is 14.5. The van der Waals surface area contributed by atoms with Gasteiger partial charge in [0.05, 0.1) is 6.61 Å². The number of rotatable bonds is 12. The molecule has 8 nitrogen and oxygen atoms in total. The summed E-state index contributed by atoms with van der Waals surface area (Å²) >= 11 is 0. The molecule has 0 saturated heterocycles. The third-order valence-corrected chi connectivity index (χ3v) is 4.52. The molecule has 1 amide bonds. The number of carbonyl (C=O) groups is 2. The van der Waals surface area contributed by atoms with Gasteiger partial charge in [-0.3, -0.25) is 0 Å². The Morgan fingerprint density at radius 3 is 2.43 bits per heavy atom. The van der Waals surface area contributed by atoms with Gasteiger partial charge in [-0.25, -0.2) is 14.4 Å². The molecule has 164 valence electrons. The van der Waals surface area contributed by atoms with Gasteiger partial charge < -0.3 is 23.6 Å². The van der Waals surface area contributed by atoms with E-state index in [0.717, 1.165) is 37.7 Å². The number of carbonyl (C=O) groups excluding carboxylic acids is 2. The number of amides is 1. The summed E-state index contributed by atoms with van der Waals surface area (Å²) in [5.41, 5.74) is 0.852. The van der Waals surface area contributed by atoms with Gasteiger partial charge in [0.2, 0.25) is 0 Å². The third-order valence-electron chi connectivity index (χ3n) is 4.52. The van der Waals surface area contributed by atoms with Crippen LogP contribution < -0.4 is 11.1 Å². The summed E-state index contributed by atoms with van der Waals surface area (Å²) in [6.45, 7) is 3.70. The second kappa shape index (κ2) is 12.5. The van der Waals surface area contributed by atoms with Gasteiger partial charge in [-0.2, -0.15) is 0 Å². The van der Waals surface area contributed by atoms with Crippen molar-refractivity contribution in [2.24, 2.45) is 0 Å². The monoisotopic (exact) mass is 419 g/mol. The van der Waals surface area contributed by atoms with Crippen molar-refractivity contribution in [2.45, 2.75) is 65.0 Å². The molecule has 0 aliphatic heterocycles. The molecule has 0 saturated carbocycles. The number of hydrogen-bond acceptors (Lipinski definition) is 7. The fraction of sp³-hybridized carbons (Fsp3) is 0.500. The Labute approximate surface area is 175 Å². The average Bonchev–Trinajstić information content (AvgIpc) is 3.06. The normalized spacial score (nSPS) is 11.7. The Morgan fingerprint density at radius 1 is 1.03 bits per heavy atom. The number of ether oxygens (including phenoxy) is 2. The Hall–Kier alpha value is -3.03. The molecule has 1 heterocycles. The van der Waals surface area contributed by atoms with E-state index in [0.29, 0.717) is 6.61 Å². The highest BCUT2D eigenvalue weighted by Crippen LogP contribution is 2.10. The van der Waals surface area contributed by atoms with Crippen molar-refractivity contribution in [2.75, 3.05) is 6.61 Å². The predicted molar refractivity (Wildman–Crippen MR) is 109 cm³/mol. The summed E-state index contributed by atoms with van der Waals surface area (Å²) in [4.78, 5) is 35.8. The van der Waals surface area contributed by atoms with Gasteiger partial charge in [0.1, 0.15) is 6.04 Å². The van der Waals surface area contributed by atoms with Gasteiger partial charge in [0, 0.05) is 6.42 Å². The van der Waals surface area contributed by atoms with Crippen molar-refractivity contribution in [3.05, 3.63) is 58.0 Å². The SMILES string of the molecule is CCCCCCCOC(=O)NC(Cc1ccccc1)C(=O)OCc1oc(=O)oc1C. The van der Waals surface area contributed by atoms with E-state index in [1.807, 2.05) is 30.3 Å². The van der Waals surface area contributed by atoms with Crippen molar-refractivity contribution >= 4 is 12.1 Å². The van der Waals surface area contributed by atoms with E-state index in [2.05, 4.69) is 12.2 Å². The van der Waals surface area contributed by atoms with Crippen LogP contribution in [-0.4, -0.2) is 24.7 Å². The number of benzene rings is 1. The number of aryl methyl sites for hydroxylation is 1. The predicted octanol–water partition coefficient (Wildman–Crippen LogP) is 3.89. The van der Waals surface area contributed by atoms with Crippen LogP contribution in [0.25, 0.3) is 0 Å². The third kappa shape index (κ3) is 8.14. The zero-order chi connectivity index (χ0) is 21.8. The summed E-state index contributed by atoms with van der Waals surface area (Å²) in [6, 6.07) is 8.30. The van der Waals surface area contributed by atoms with E-state index in [1.165, 1.54) is 6.92 Å². The highest BCUT2D eigenvalue weighted by atomic mass is 16.6. The van der Waals surface area contributed by atoms with Crippen LogP contribution in [0.3, 0.4) is 0 Å². The fourth-order valence-electron chi connectivity index (χ4n) is 2.84. The quantitative estimate of drug-likeness (QED) is 0.411. The minimum atomic E-state index is -0.945. The van der Waals surface area contributed by atoms with Crippen molar-refractivity contribution in [3.8, 4) is 0 Å². The first kappa shape index (κ1) is 23.3. The van der Waals surface area contributed by atoms with Crippen LogP contribution in [0.4, 0.5) is 4.79 Å². The smallest absolute Gasteiger partial charge is 0.456 e. The maximum Gasteiger partial charge on any atom is 0.519 e. The van der Waals surface area contributed by atoms with E-state index in [4.69, 9.17) is 18.3 Å². The molecule has 0 aliphatic rings. The molecule has 1 aromatic heterocycles. The van der Waals surface area contributed by atoms with Crippen molar-refractivity contribution in [3.63, 3.8) is 0 Å². The molecule has 0 bridgehead atoms. The number of unbranched alkanes of at least 4 members (excludes halogenated alkanes) is 4. The zero-order valence-corrected chi connectivity index (χ0v) is 17.5. The number of nitrogens with one attached hydrogen (secondary N) is 1. The lowest BCUT2D eigenvalue weighted by molar-refractivity contribution is -0.148. The maximum absolute atomic E-state index is 12.6. The largest absolute Gasteiger partial charge is 0.519 e. The molecule has 2 aromatic rings. The van der Waals surface area contributed by atoms with Crippen LogP contribution in [-0.2, 0) is 27.3 Å². The van der Waals surface area contributed by atoms with E-state index in [-0.39, 0.29) is 24.5 Å². The van der Waals surface area contributed by atoms with E-state index in [9.17, 15) is 14.4 Å². The molecule has 1 aromatic carbocycles. The van der Waals surface area contributed by atoms with Crippen LogP contribution >= 0.6 is 0 Å². The van der Waals surface area contributed by atoms with Crippen LogP contribution in [0.5, 0.6) is 0 Å². The number of alkyl carbamates (subject to hydrolysis) is 1. The standard InChI is InChI=1S/C22H29NO7/c1-3-4-5-6-10-13-27-21(25)23-18(14-17-11-8-7-9-12-17)20(24)28-15-19-16(2)29-22(26)30-19/h7-9,11-12,18H,3-6,10,13-15H2,1-2H3,(H,23,25). The second-order valence-corrected chi connectivity index (χ2v) is 6.98.